The molecule has 107 heavy (non-hydrogen) atoms. The van der Waals surface area contributed by atoms with Crippen LogP contribution in [0.3, 0.4) is 0 Å². The van der Waals surface area contributed by atoms with Gasteiger partial charge in [0.25, 0.3) is 0 Å². The van der Waals surface area contributed by atoms with E-state index in [-0.39, 0.29) is 25.7 Å². The first-order chi connectivity index (χ1) is 51.9. The van der Waals surface area contributed by atoms with E-state index < -0.39 is 97.5 Å². The minimum Gasteiger partial charge on any atom is -0.462 e. The van der Waals surface area contributed by atoms with Crippen LogP contribution in [-0.4, -0.2) is 96.7 Å². The van der Waals surface area contributed by atoms with Gasteiger partial charge < -0.3 is 33.8 Å². The van der Waals surface area contributed by atoms with E-state index in [1.165, 1.54) is 289 Å². The molecule has 17 nitrogen and oxygen atoms in total. The predicted octanol–water partition coefficient (Wildman–Crippen LogP) is 27.0. The summed E-state index contributed by atoms with van der Waals surface area (Å²) in [5, 5.41) is 10.7. The van der Waals surface area contributed by atoms with E-state index in [0.717, 1.165) is 102 Å². The number of phosphoric ester groups is 2. The van der Waals surface area contributed by atoms with Crippen molar-refractivity contribution in [2.75, 3.05) is 39.6 Å². The largest absolute Gasteiger partial charge is 0.472 e. The van der Waals surface area contributed by atoms with Gasteiger partial charge in [0, 0.05) is 25.7 Å². The van der Waals surface area contributed by atoms with Crippen LogP contribution in [0.2, 0.25) is 0 Å². The van der Waals surface area contributed by atoms with Gasteiger partial charge in [-0.25, -0.2) is 9.13 Å². The molecule has 0 aromatic carbocycles. The molecule has 0 radical (unpaired) electrons. The number of hydrogen-bond donors (Lipinski definition) is 3. The van der Waals surface area contributed by atoms with Crippen LogP contribution in [0.15, 0.2) is 0 Å². The second kappa shape index (κ2) is 79.3. The molecule has 0 amide bonds. The van der Waals surface area contributed by atoms with Crippen molar-refractivity contribution < 1.29 is 80.2 Å². The van der Waals surface area contributed by atoms with Crippen molar-refractivity contribution in [3.05, 3.63) is 0 Å². The molecule has 0 aromatic heterocycles. The monoisotopic (exact) mass is 1560 g/mol. The fourth-order valence-electron chi connectivity index (χ4n) is 13.8. The van der Waals surface area contributed by atoms with Crippen LogP contribution in [0.25, 0.3) is 0 Å². The number of rotatable bonds is 87. The van der Waals surface area contributed by atoms with E-state index in [0.29, 0.717) is 25.7 Å². The average molecular weight is 1560 g/mol. The zero-order valence-corrected chi connectivity index (χ0v) is 72.2. The summed E-state index contributed by atoms with van der Waals surface area (Å²) in [7, 11) is -9.93. The molecule has 19 heteroatoms. The third-order valence-electron chi connectivity index (χ3n) is 20.7. The molecule has 0 spiro atoms. The van der Waals surface area contributed by atoms with Gasteiger partial charge in [-0.15, -0.1) is 0 Å². The van der Waals surface area contributed by atoms with Crippen molar-refractivity contribution in [1.29, 1.82) is 0 Å². The molecule has 2 unspecified atom stereocenters. The maximum Gasteiger partial charge on any atom is 0.472 e. The molecule has 636 valence electrons. The van der Waals surface area contributed by atoms with E-state index in [9.17, 15) is 43.2 Å². The molecule has 0 fully saturated rings. The Bertz CT molecular complexity index is 2050. The Morgan fingerprint density at radius 1 is 0.252 bits per heavy atom. The predicted molar refractivity (Wildman–Crippen MR) is 442 cm³/mol. The number of ether oxygens (including phenoxy) is 4. The lowest BCUT2D eigenvalue weighted by Crippen LogP contribution is -2.30. The molecule has 0 aliphatic heterocycles. The number of carbonyl (C=O) groups excluding carboxylic acids is 4. The lowest BCUT2D eigenvalue weighted by atomic mass is 10.0. The Balaban J connectivity index is 5.24. The Morgan fingerprint density at radius 3 is 0.636 bits per heavy atom. The molecule has 0 aliphatic carbocycles. The summed E-state index contributed by atoms with van der Waals surface area (Å²) in [5.74, 6) is -0.476. The average Bonchev–Trinajstić information content (AvgIpc) is 0.903. The van der Waals surface area contributed by atoms with Crippen LogP contribution >= 0.6 is 15.6 Å². The molecule has 0 rings (SSSR count). The summed E-state index contributed by atoms with van der Waals surface area (Å²) in [5.41, 5.74) is 0. The highest BCUT2D eigenvalue weighted by molar-refractivity contribution is 7.47. The molecule has 0 saturated heterocycles. The number of aliphatic hydroxyl groups is 1. The summed E-state index contributed by atoms with van der Waals surface area (Å²) in [6.45, 7) is 9.75. The van der Waals surface area contributed by atoms with Gasteiger partial charge in [-0.3, -0.25) is 37.3 Å². The first-order valence-electron chi connectivity index (χ1n) is 45.5. The summed E-state index contributed by atoms with van der Waals surface area (Å²) in [6.07, 6.45) is 72.1. The van der Waals surface area contributed by atoms with Crippen molar-refractivity contribution in [2.45, 2.75) is 490 Å². The van der Waals surface area contributed by atoms with Crippen molar-refractivity contribution in [3.63, 3.8) is 0 Å². The first-order valence-corrected chi connectivity index (χ1v) is 48.5. The lowest BCUT2D eigenvalue weighted by molar-refractivity contribution is -0.161. The van der Waals surface area contributed by atoms with Gasteiger partial charge in [-0.05, 0) is 37.5 Å². The second-order valence-corrected chi connectivity index (χ2v) is 35.5. The van der Waals surface area contributed by atoms with E-state index in [2.05, 4.69) is 41.5 Å². The number of aliphatic hydroxyl groups excluding tert-OH is 1. The van der Waals surface area contributed by atoms with Gasteiger partial charge in [0.05, 0.1) is 26.4 Å². The van der Waals surface area contributed by atoms with Crippen LogP contribution < -0.4 is 0 Å². The van der Waals surface area contributed by atoms with Gasteiger partial charge in [-0.1, -0.05) is 420 Å². The fraction of sp³-hybridized carbons (Fsp3) is 0.955. The van der Waals surface area contributed by atoms with Crippen LogP contribution in [0.1, 0.15) is 472 Å². The number of hydrogen-bond acceptors (Lipinski definition) is 15. The Labute approximate surface area is 658 Å². The van der Waals surface area contributed by atoms with Crippen molar-refractivity contribution >= 4 is 39.5 Å². The highest BCUT2D eigenvalue weighted by Gasteiger charge is 2.30. The minimum atomic E-state index is -4.97. The summed E-state index contributed by atoms with van der Waals surface area (Å²) >= 11 is 0. The van der Waals surface area contributed by atoms with Crippen LogP contribution in [-0.2, 0) is 65.4 Å². The highest BCUT2D eigenvalue weighted by atomic mass is 31.2. The number of unbranched alkanes of at least 4 members (excludes halogenated alkanes) is 57. The number of carbonyl (C=O) groups is 4. The van der Waals surface area contributed by atoms with Gasteiger partial charge in [0.2, 0.25) is 0 Å². The summed E-state index contributed by atoms with van der Waals surface area (Å²) in [6, 6.07) is 0. The maximum atomic E-state index is 13.2. The Hall–Kier alpha value is -1.94. The molecule has 0 aliphatic rings. The normalized spacial score (nSPS) is 13.8. The number of esters is 4. The number of phosphoric acid groups is 2. The molecule has 3 N–H and O–H groups in total. The van der Waals surface area contributed by atoms with E-state index in [1.807, 2.05) is 0 Å². The molecule has 0 bridgehead atoms. The van der Waals surface area contributed by atoms with Crippen LogP contribution in [0, 0.1) is 11.8 Å². The maximum absolute atomic E-state index is 13.2. The third kappa shape index (κ3) is 81.9. The molecular weight excluding hydrogens is 1390 g/mol. The third-order valence-corrected chi connectivity index (χ3v) is 22.6. The van der Waals surface area contributed by atoms with Gasteiger partial charge in [-0.2, -0.15) is 0 Å². The zero-order valence-electron chi connectivity index (χ0n) is 70.5. The summed E-state index contributed by atoms with van der Waals surface area (Å²) in [4.78, 5) is 73.3. The van der Waals surface area contributed by atoms with E-state index in [1.54, 1.807) is 0 Å². The van der Waals surface area contributed by atoms with E-state index in [4.69, 9.17) is 37.0 Å². The molecule has 0 saturated carbocycles. The molecule has 0 aromatic rings. The van der Waals surface area contributed by atoms with Crippen molar-refractivity contribution in [2.24, 2.45) is 11.8 Å². The lowest BCUT2D eigenvalue weighted by Gasteiger charge is -2.21. The van der Waals surface area contributed by atoms with Gasteiger partial charge in [0.1, 0.15) is 19.3 Å². The topological polar surface area (TPSA) is 237 Å². The van der Waals surface area contributed by atoms with Crippen molar-refractivity contribution in [1.82, 2.24) is 0 Å². The van der Waals surface area contributed by atoms with Crippen LogP contribution in [0.4, 0.5) is 0 Å². The SMILES string of the molecule is CCCCCCCCCCCCCCCCCCCCC(=O)O[C@H](COC(=O)CCCCCCCCCCCCC)COP(=O)(O)OC[C@H](O)COP(=O)(O)OC[C@@H](COC(=O)CCCCCCCCCCCCCCCCCCC(C)C)OC(=O)CCCCCCCCCCCCCCCCCCC(C)C. The standard InChI is InChI=1S/C88H172O17P2/c1-7-9-11-13-15-17-19-20-21-22-23-31-36-42-48-54-60-66-72-87(92)104-83(76-98-85(90)70-64-58-52-46-38-18-16-14-12-10-8-2)78-102-106(94,95)100-74-82(89)75-101-107(96,97)103-79-84(105-88(93)73-67-61-55-49-43-37-32-27-25-29-34-40-45-51-57-63-69-81(5)6)77-99-86(91)71-65-59-53-47-41-35-30-26-24-28-33-39-44-50-56-62-68-80(3)4/h80-84,89H,7-79H2,1-6H3,(H,94,95)(H,96,97)/t82-,83+,84+/m0/s1. The minimum absolute atomic E-state index is 0.109. The van der Waals surface area contributed by atoms with Crippen LogP contribution in [0.5, 0.6) is 0 Å². The molecular formula is C88H172O17P2. The molecule has 5 atom stereocenters. The quantitative estimate of drug-likeness (QED) is 0.0222. The Morgan fingerprint density at radius 2 is 0.430 bits per heavy atom. The van der Waals surface area contributed by atoms with Gasteiger partial charge in [0.15, 0.2) is 12.2 Å². The highest BCUT2D eigenvalue weighted by Crippen LogP contribution is 2.45. The van der Waals surface area contributed by atoms with E-state index >= 15 is 0 Å². The Kier molecular flexibility index (Phi) is 77.9. The first kappa shape index (κ1) is 105. The second-order valence-electron chi connectivity index (χ2n) is 32.6. The van der Waals surface area contributed by atoms with Crippen molar-refractivity contribution in [3.8, 4) is 0 Å². The smallest absolute Gasteiger partial charge is 0.462 e. The zero-order chi connectivity index (χ0) is 78.5. The molecule has 0 heterocycles. The van der Waals surface area contributed by atoms with Gasteiger partial charge >= 0.3 is 39.5 Å². The fourth-order valence-corrected chi connectivity index (χ4v) is 15.4. The summed E-state index contributed by atoms with van der Waals surface area (Å²) < 4.78 is 69.0.